The van der Waals surface area contributed by atoms with Gasteiger partial charge in [-0.25, -0.2) is 0 Å². The molecule has 0 aromatic carbocycles. The van der Waals surface area contributed by atoms with E-state index in [2.05, 4.69) is 0 Å². The van der Waals surface area contributed by atoms with Crippen molar-refractivity contribution in [1.82, 2.24) is 0 Å². The van der Waals surface area contributed by atoms with Crippen molar-refractivity contribution in [2.75, 3.05) is 0 Å². The van der Waals surface area contributed by atoms with Crippen molar-refractivity contribution in [2.45, 2.75) is 0 Å². The molecule has 0 aromatic rings. The maximum atomic E-state index is 0. The molecule has 6 heavy (non-hydrogen) atoms. The van der Waals surface area contributed by atoms with Gasteiger partial charge in [-0.15, -0.1) is 0 Å². The standard InChI is InChI=1S/Bi.Co.Cr.Fe.Mo.Ni.3H. The summed E-state index contributed by atoms with van der Waals surface area (Å²) < 4.78 is 0. The Balaban J connectivity index is 0. The van der Waals surface area contributed by atoms with Crippen molar-refractivity contribution >= 4 is 26.2 Å². The van der Waals surface area contributed by atoms with Crippen LogP contribution in [0, 0.1) is 0 Å². The molecule has 0 nitrogen and oxygen atoms in total. The number of hydrogen-bond donors (Lipinski definition) is 0. The monoisotopic (exact) mass is 535 g/mol. The van der Waals surface area contributed by atoms with Gasteiger partial charge in [-0.3, -0.25) is 0 Å². The molecule has 0 rings (SSSR count). The minimum atomic E-state index is 0. The van der Waals surface area contributed by atoms with Crippen LogP contribution < -0.4 is 0 Å². The van der Waals surface area contributed by atoms with E-state index in [4.69, 9.17) is 0 Å². The molecule has 0 amide bonds. The zero-order chi connectivity index (χ0) is 0. The quantitative estimate of drug-likeness (QED) is 0.344. The molecule has 0 bridgehead atoms. The van der Waals surface area contributed by atoms with E-state index < -0.39 is 0 Å². The first-order chi connectivity index (χ1) is 0. The average Bonchev–Trinajstić information content (AvgIpc) is 0. The summed E-state index contributed by atoms with van der Waals surface area (Å²) >= 11 is 0. The smallest absolute Gasteiger partial charge is 0 e. The summed E-state index contributed by atoms with van der Waals surface area (Å²) in [6, 6.07) is 0. The first-order valence-corrected chi connectivity index (χ1v) is 0. The number of hydrogen-bond acceptors (Lipinski definition) is 0. The predicted molar refractivity (Wildman–Crippen MR) is 9.94 cm³/mol. The second kappa shape index (κ2) is 38.2. The van der Waals surface area contributed by atoms with Crippen molar-refractivity contribution in [3.63, 3.8) is 0 Å². The molecule has 0 atom stereocenters. The maximum absolute atomic E-state index is 0. The SMILES string of the molecule is [BiH3].[Co].[Cr].[Fe].[Mo].[Ni]. The first-order valence-electron chi connectivity index (χ1n) is 0. The molecule has 0 spiro atoms. The predicted octanol–water partition coefficient (Wildman–Crippen LogP) is -1.20. The van der Waals surface area contributed by atoms with Gasteiger partial charge >= 0.3 is 26.2 Å². The Kier molecular flexibility index (Phi) is 347. The van der Waals surface area contributed by atoms with Crippen molar-refractivity contribution in [2.24, 2.45) is 0 Å². The fourth-order valence-corrected chi connectivity index (χ4v) is 0. The summed E-state index contributed by atoms with van der Waals surface area (Å²) in [6.45, 7) is 0. The van der Waals surface area contributed by atoms with Crippen LogP contribution >= 0.6 is 0 Å². The molecule has 0 N–H and O–H groups in total. The van der Waals surface area contributed by atoms with Gasteiger partial charge in [0.1, 0.15) is 0 Å². The Bertz CT molecular complexity index is 15.5. The fourth-order valence-electron chi connectivity index (χ4n) is 0. The Labute approximate surface area is 113 Å². The van der Waals surface area contributed by atoms with Gasteiger partial charge < -0.3 is 0 Å². The fraction of sp³-hybridized carbons (Fsp3) is 0. The zero-order valence-electron chi connectivity index (χ0n) is 2.53. The van der Waals surface area contributed by atoms with Crippen LogP contribution in [0.2, 0.25) is 0 Å². The molecule has 0 aliphatic heterocycles. The minimum absolute atomic E-state index is 0. The van der Waals surface area contributed by atoms with Crippen LogP contribution in [0.4, 0.5) is 0 Å². The first kappa shape index (κ1) is 54.5. The van der Waals surface area contributed by atoms with E-state index in [1.54, 1.807) is 0 Å². The van der Waals surface area contributed by atoms with Gasteiger partial charge in [-0.1, -0.05) is 0 Å². The molecule has 6 heteroatoms. The molecular formula is H3BiCoCrFeMoNi. The molecule has 0 aromatic heterocycles. The van der Waals surface area contributed by atoms with Crippen LogP contribution in [0.25, 0.3) is 0 Å². The Morgan fingerprint density at radius 3 is 1.00 bits per heavy atom. The van der Waals surface area contributed by atoms with Crippen LogP contribution in [0.5, 0.6) is 0 Å². The van der Waals surface area contributed by atoms with Crippen LogP contribution in [0.3, 0.4) is 0 Å². The Morgan fingerprint density at radius 1 is 1.00 bits per heavy atom. The van der Waals surface area contributed by atoms with E-state index in [0.29, 0.717) is 0 Å². The van der Waals surface area contributed by atoms with Crippen LogP contribution in [-0.4, -0.2) is 26.2 Å². The molecule has 0 fully saturated rings. The summed E-state index contributed by atoms with van der Waals surface area (Å²) in [5.41, 5.74) is 0. The topological polar surface area (TPSA) is 0 Å². The van der Waals surface area contributed by atoms with Crippen molar-refractivity contribution in [3.05, 3.63) is 0 Å². The molecule has 0 heterocycles. The summed E-state index contributed by atoms with van der Waals surface area (Å²) in [5, 5.41) is 0. The van der Waals surface area contributed by atoms with E-state index in [1.165, 1.54) is 0 Å². The molecule has 0 unspecified atom stereocenters. The zero-order valence-corrected chi connectivity index (χ0v) is 14.4. The molecular weight excluding hydrogens is 530 g/mol. The van der Waals surface area contributed by atoms with Gasteiger partial charge in [0.2, 0.25) is 0 Å². The average molecular weight is 533 g/mol. The van der Waals surface area contributed by atoms with E-state index in [1.807, 2.05) is 0 Å². The largest absolute Gasteiger partial charge is 0 e. The summed E-state index contributed by atoms with van der Waals surface area (Å²) in [6.07, 6.45) is 0. The Morgan fingerprint density at radius 2 is 1.00 bits per heavy atom. The van der Waals surface area contributed by atoms with Gasteiger partial charge in [-0.2, -0.15) is 0 Å². The van der Waals surface area contributed by atoms with Crippen LogP contribution in [-0.2, 0) is 88.8 Å². The summed E-state index contributed by atoms with van der Waals surface area (Å²) in [4.78, 5) is 0. The van der Waals surface area contributed by atoms with Gasteiger partial charge in [0, 0.05) is 88.8 Å². The number of rotatable bonds is 0. The molecule has 0 saturated carbocycles. The molecule has 1 radical (unpaired) electrons. The van der Waals surface area contributed by atoms with E-state index in [-0.39, 0.29) is 115 Å². The maximum Gasteiger partial charge on any atom is 0 e. The molecule has 0 aliphatic rings. The molecule has 47 valence electrons. The second-order valence-electron chi connectivity index (χ2n) is 0. The van der Waals surface area contributed by atoms with Crippen LogP contribution in [0.1, 0.15) is 0 Å². The van der Waals surface area contributed by atoms with E-state index in [0.717, 1.165) is 0 Å². The van der Waals surface area contributed by atoms with Crippen molar-refractivity contribution < 1.29 is 88.8 Å². The van der Waals surface area contributed by atoms with Gasteiger partial charge in [0.25, 0.3) is 0 Å². The molecule has 0 aliphatic carbocycles. The normalized spacial score (nSPS) is 0. The summed E-state index contributed by atoms with van der Waals surface area (Å²) in [7, 11) is 0. The third-order valence-corrected chi connectivity index (χ3v) is 0. The molecule has 0 saturated heterocycles. The third kappa shape index (κ3) is 25.5. The van der Waals surface area contributed by atoms with Crippen LogP contribution in [0.15, 0.2) is 0 Å². The minimum Gasteiger partial charge on any atom is 0 e. The third-order valence-electron chi connectivity index (χ3n) is 0. The van der Waals surface area contributed by atoms with Gasteiger partial charge in [0.05, 0.1) is 0 Å². The van der Waals surface area contributed by atoms with Crippen molar-refractivity contribution in [3.8, 4) is 0 Å². The van der Waals surface area contributed by atoms with Gasteiger partial charge in [-0.05, 0) is 0 Å². The van der Waals surface area contributed by atoms with E-state index >= 15 is 0 Å². The van der Waals surface area contributed by atoms with Gasteiger partial charge in [0.15, 0.2) is 0 Å². The van der Waals surface area contributed by atoms with Crippen molar-refractivity contribution in [1.29, 1.82) is 0 Å². The second-order valence-corrected chi connectivity index (χ2v) is 0. The van der Waals surface area contributed by atoms with E-state index in [9.17, 15) is 0 Å². The Hall–Kier alpha value is 3.62. The summed E-state index contributed by atoms with van der Waals surface area (Å²) in [5.74, 6) is 0.